The Kier molecular flexibility index (Phi) is 6.29. The molecule has 3 aromatic rings. The molecule has 2 aromatic heterocycles. The van der Waals surface area contributed by atoms with Crippen molar-refractivity contribution in [2.75, 3.05) is 36.5 Å². The molecule has 0 spiro atoms. The van der Waals surface area contributed by atoms with Crippen LogP contribution in [-0.2, 0) is 29.5 Å². The largest absolute Gasteiger partial charge is 0.480 e. The topological polar surface area (TPSA) is 141 Å². The Bertz CT molecular complexity index is 1420. The summed E-state index contributed by atoms with van der Waals surface area (Å²) in [7, 11) is 1.61. The number of rotatable bonds is 7. The summed E-state index contributed by atoms with van der Waals surface area (Å²) in [6.07, 6.45) is -0.686. The molecule has 12 heteroatoms. The molecule has 1 fully saturated rings. The zero-order valence-corrected chi connectivity index (χ0v) is 19.5. The summed E-state index contributed by atoms with van der Waals surface area (Å²) in [6.45, 7) is 1.08. The van der Waals surface area contributed by atoms with Crippen molar-refractivity contribution >= 4 is 34.5 Å². The number of ether oxygens (including phenoxy) is 2. The number of benzene rings is 1. The summed E-state index contributed by atoms with van der Waals surface area (Å²) in [5.41, 5.74) is 7.16. The quantitative estimate of drug-likeness (QED) is 0.412. The summed E-state index contributed by atoms with van der Waals surface area (Å²) in [6, 6.07) is 7.76. The molecule has 188 valence electrons. The maximum atomic E-state index is 14.7. The van der Waals surface area contributed by atoms with E-state index in [1.807, 2.05) is 0 Å². The van der Waals surface area contributed by atoms with Gasteiger partial charge in [-0.1, -0.05) is 0 Å². The second kappa shape index (κ2) is 9.55. The Hall–Kier alpha value is -4.03. The molecular formula is C24H25FN6O5. The zero-order valence-electron chi connectivity index (χ0n) is 19.5. The van der Waals surface area contributed by atoms with Crippen LogP contribution in [0.1, 0.15) is 11.1 Å². The number of carbonyl (C=O) groups is 2. The maximum absolute atomic E-state index is 14.7. The van der Waals surface area contributed by atoms with Gasteiger partial charge >= 0.3 is 6.09 Å². The molecule has 2 amide bonds. The van der Waals surface area contributed by atoms with Crippen LogP contribution < -0.4 is 31.6 Å². The zero-order chi connectivity index (χ0) is 25.4. The van der Waals surface area contributed by atoms with Gasteiger partial charge in [0, 0.05) is 37.2 Å². The van der Waals surface area contributed by atoms with Gasteiger partial charge in [0.05, 0.1) is 12.1 Å². The fraction of sp³-hybridized carbons (Fsp3) is 0.333. The number of carbonyl (C=O) groups excluding carboxylic acids is 2. The van der Waals surface area contributed by atoms with E-state index in [1.165, 1.54) is 21.6 Å². The fourth-order valence-corrected chi connectivity index (χ4v) is 4.49. The molecule has 4 heterocycles. The lowest BCUT2D eigenvalue weighted by molar-refractivity contribution is -0.118. The average Bonchev–Trinajstić information content (AvgIpc) is 3.24. The first-order valence-corrected chi connectivity index (χ1v) is 11.5. The van der Waals surface area contributed by atoms with Crippen LogP contribution in [0.2, 0.25) is 0 Å². The van der Waals surface area contributed by atoms with Gasteiger partial charge in [-0.25, -0.2) is 14.2 Å². The fourth-order valence-electron chi connectivity index (χ4n) is 4.49. The van der Waals surface area contributed by atoms with Crippen LogP contribution >= 0.6 is 0 Å². The number of anilines is 2. The van der Waals surface area contributed by atoms with Gasteiger partial charge in [-0.2, -0.15) is 0 Å². The van der Waals surface area contributed by atoms with Gasteiger partial charge in [0.1, 0.15) is 17.7 Å². The monoisotopic (exact) mass is 496 g/mol. The molecule has 1 atom stereocenters. The van der Waals surface area contributed by atoms with Crippen LogP contribution in [0, 0.1) is 5.82 Å². The number of halogens is 1. The van der Waals surface area contributed by atoms with Crippen molar-refractivity contribution in [1.29, 1.82) is 0 Å². The first kappa shape index (κ1) is 23.7. The number of amides is 2. The molecule has 4 N–H and O–H groups in total. The van der Waals surface area contributed by atoms with E-state index in [0.29, 0.717) is 47.7 Å². The minimum absolute atomic E-state index is 0.0826. The Morgan fingerprint density at radius 2 is 2.08 bits per heavy atom. The lowest BCUT2D eigenvalue weighted by Gasteiger charge is -2.19. The highest BCUT2D eigenvalue weighted by molar-refractivity contribution is 5.95. The van der Waals surface area contributed by atoms with E-state index in [9.17, 15) is 18.8 Å². The van der Waals surface area contributed by atoms with Gasteiger partial charge in [-0.05, 0) is 42.8 Å². The number of cyclic esters (lactones) is 1. The van der Waals surface area contributed by atoms with Gasteiger partial charge in [-0.15, -0.1) is 0 Å². The normalized spacial score (nSPS) is 17.1. The summed E-state index contributed by atoms with van der Waals surface area (Å²) in [5, 5.41) is 6.56. The Morgan fingerprint density at radius 1 is 1.25 bits per heavy atom. The van der Waals surface area contributed by atoms with Crippen LogP contribution in [0.4, 0.5) is 20.8 Å². The highest BCUT2D eigenvalue weighted by atomic mass is 19.1. The Balaban J connectivity index is 1.23. The Labute approximate surface area is 205 Å². The van der Waals surface area contributed by atoms with Crippen molar-refractivity contribution in [1.82, 2.24) is 14.9 Å². The summed E-state index contributed by atoms with van der Waals surface area (Å²) in [5.74, 6) is 0.298. The highest BCUT2D eigenvalue weighted by Gasteiger charge is 2.33. The van der Waals surface area contributed by atoms with E-state index >= 15 is 0 Å². The number of fused-ring (bicyclic) bond motifs is 2. The molecule has 1 saturated heterocycles. The van der Waals surface area contributed by atoms with Crippen LogP contribution in [0.5, 0.6) is 5.75 Å². The minimum Gasteiger partial charge on any atom is -0.480 e. The molecule has 5 rings (SSSR count). The van der Waals surface area contributed by atoms with Crippen LogP contribution in [0.3, 0.4) is 0 Å². The SMILES string of the molecule is Cn1c(=O)cc(CN)c2ccc(F)c(CCNCC3CN(c4ccc5c(n4)NC(=O)CO5)C(=O)O3)c21. The number of nitrogens with one attached hydrogen (secondary N) is 2. The number of hydrogen-bond acceptors (Lipinski definition) is 8. The number of hydrogen-bond donors (Lipinski definition) is 3. The van der Waals surface area contributed by atoms with Crippen LogP contribution in [0.15, 0.2) is 35.1 Å². The predicted molar refractivity (Wildman–Crippen MR) is 130 cm³/mol. The minimum atomic E-state index is -0.554. The standard InChI is InChI=1S/C24H25FN6O5/c1-30-21(33)8-13(9-26)15-2-3-17(25)16(22(15)30)6-7-27-10-14-11-31(24(34)36-14)19-5-4-18-23(28-19)29-20(32)12-35-18/h2-5,8,14,27H,6-7,9-12,26H2,1H3,(H,28,29,32). The summed E-state index contributed by atoms with van der Waals surface area (Å²) < 4.78 is 26.9. The van der Waals surface area contributed by atoms with Crippen molar-refractivity contribution < 1.29 is 23.5 Å². The molecule has 0 aliphatic carbocycles. The Morgan fingerprint density at radius 3 is 2.89 bits per heavy atom. The van der Waals surface area contributed by atoms with Gasteiger partial charge in [0.15, 0.2) is 18.2 Å². The van der Waals surface area contributed by atoms with Gasteiger partial charge in [0.2, 0.25) is 0 Å². The molecule has 2 aliphatic rings. The molecule has 1 unspecified atom stereocenters. The lowest BCUT2D eigenvalue weighted by Crippen LogP contribution is -2.32. The van der Waals surface area contributed by atoms with E-state index in [2.05, 4.69) is 15.6 Å². The number of aromatic nitrogens is 2. The third kappa shape index (κ3) is 4.36. The smallest absolute Gasteiger partial charge is 0.416 e. The average molecular weight is 496 g/mol. The lowest BCUT2D eigenvalue weighted by atomic mass is 10.0. The van der Waals surface area contributed by atoms with Crippen LogP contribution in [0.25, 0.3) is 10.9 Å². The van der Waals surface area contributed by atoms with E-state index in [1.54, 1.807) is 25.2 Å². The molecule has 0 saturated carbocycles. The van der Waals surface area contributed by atoms with Gasteiger partial charge < -0.3 is 30.4 Å². The first-order valence-electron chi connectivity index (χ1n) is 11.5. The molecular weight excluding hydrogens is 471 g/mol. The number of pyridine rings is 2. The third-order valence-electron chi connectivity index (χ3n) is 6.29. The van der Waals surface area contributed by atoms with E-state index < -0.39 is 18.0 Å². The van der Waals surface area contributed by atoms with Crippen molar-refractivity contribution in [2.45, 2.75) is 19.1 Å². The molecule has 2 aliphatic heterocycles. The first-order chi connectivity index (χ1) is 17.4. The third-order valence-corrected chi connectivity index (χ3v) is 6.29. The van der Waals surface area contributed by atoms with E-state index in [-0.39, 0.29) is 37.0 Å². The van der Waals surface area contributed by atoms with E-state index in [4.69, 9.17) is 15.2 Å². The number of nitrogens with two attached hydrogens (primary N) is 1. The van der Waals surface area contributed by atoms with Gasteiger partial charge in [-0.3, -0.25) is 14.5 Å². The van der Waals surface area contributed by atoms with Crippen molar-refractivity contribution in [3.8, 4) is 5.75 Å². The molecule has 1 aromatic carbocycles. The number of aryl methyl sites for hydroxylation is 1. The molecule has 0 bridgehead atoms. The molecule has 36 heavy (non-hydrogen) atoms. The summed E-state index contributed by atoms with van der Waals surface area (Å²) >= 11 is 0. The van der Waals surface area contributed by atoms with Crippen LogP contribution in [-0.4, -0.2) is 53.9 Å². The highest BCUT2D eigenvalue weighted by Crippen LogP contribution is 2.30. The van der Waals surface area contributed by atoms with Crippen molar-refractivity contribution in [2.24, 2.45) is 12.8 Å². The summed E-state index contributed by atoms with van der Waals surface area (Å²) in [4.78, 5) is 42.0. The van der Waals surface area contributed by atoms with E-state index in [0.717, 1.165) is 5.39 Å². The number of nitrogens with zero attached hydrogens (tertiary/aromatic N) is 3. The predicted octanol–water partition coefficient (Wildman–Crippen LogP) is 1.02. The second-order valence-corrected chi connectivity index (χ2v) is 8.62. The van der Waals surface area contributed by atoms with Crippen molar-refractivity contribution in [3.05, 3.63) is 57.6 Å². The molecule has 11 nitrogen and oxygen atoms in total. The maximum Gasteiger partial charge on any atom is 0.416 e. The molecule has 0 radical (unpaired) electrons. The second-order valence-electron chi connectivity index (χ2n) is 8.62. The van der Waals surface area contributed by atoms with Crippen molar-refractivity contribution in [3.63, 3.8) is 0 Å². The van der Waals surface area contributed by atoms with Gasteiger partial charge in [0.25, 0.3) is 11.5 Å².